The first-order valence-electron chi connectivity index (χ1n) is 8.14. The number of imidazole rings is 1. The van der Waals surface area contributed by atoms with Gasteiger partial charge in [0.25, 0.3) is 0 Å². The van der Waals surface area contributed by atoms with Crippen LogP contribution in [0.4, 0.5) is 24.5 Å². The van der Waals surface area contributed by atoms with Gasteiger partial charge in [-0.1, -0.05) is 0 Å². The number of aromatic nitrogens is 2. The predicted molar refractivity (Wildman–Crippen MR) is 95.1 cm³/mol. The molecular formula is C16H22F3N5O2. The van der Waals surface area contributed by atoms with E-state index in [4.69, 9.17) is 10.5 Å². The fourth-order valence-corrected chi connectivity index (χ4v) is 2.47. The molecule has 7 nitrogen and oxygen atoms in total. The molecule has 2 rings (SSSR count). The molecule has 0 radical (unpaired) electrons. The molecule has 10 heteroatoms. The second-order valence-corrected chi connectivity index (χ2v) is 6.00. The standard InChI is InChI=1S/C16H22F3N5O2/c1-10(2)26-5-3-4-21-12-7-14-13(6-11(12)22-9-20)23-15(25)24(14)8-16(17,18)19/h6-7,9-10,21H,3-5,8H2,1-2H3,(H2,20,22)(H,23,25). The second-order valence-electron chi connectivity index (χ2n) is 6.00. The van der Waals surface area contributed by atoms with Crippen molar-refractivity contribution < 1.29 is 17.9 Å². The highest BCUT2D eigenvalue weighted by Gasteiger charge is 2.30. The molecule has 0 unspecified atom stereocenters. The van der Waals surface area contributed by atoms with Gasteiger partial charge >= 0.3 is 11.9 Å². The number of alkyl halides is 3. The summed E-state index contributed by atoms with van der Waals surface area (Å²) in [6.45, 7) is 3.57. The maximum absolute atomic E-state index is 12.7. The molecule has 0 bridgehead atoms. The van der Waals surface area contributed by atoms with Crippen molar-refractivity contribution in [1.82, 2.24) is 9.55 Å². The molecule has 0 aliphatic heterocycles. The molecule has 1 heterocycles. The van der Waals surface area contributed by atoms with Crippen LogP contribution in [0, 0.1) is 0 Å². The number of halogens is 3. The van der Waals surface area contributed by atoms with Crippen LogP contribution >= 0.6 is 0 Å². The van der Waals surface area contributed by atoms with Crippen molar-refractivity contribution in [2.45, 2.75) is 39.1 Å². The van der Waals surface area contributed by atoms with Crippen molar-refractivity contribution in [2.24, 2.45) is 10.7 Å². The van der Waals surface area contributed by atoms with Gasteiger partial charge in [-0.3, -0.25) is 4.57 Å². The maximum atomic E-state index is 12.7. The first kappa shape index (κ1) is 19.8. The first-order valence-corrected chi connectivity index (χ1v) is 8.14. The van der Waals surface area contributed by atoms with Gasteiger partial charge in [0.2, 0.25) is 0 Å². The minimum absolute atomic E-state index is 0.125. The molecule has 26 heavy (non-hydrogen) atoms. The molecule has 0 aliphatic rings. The monoisotopic (exact) mass is 373 g/mol. The van der Waals surface area contributed by atoms with E-state index in [0.29, 0.717) is 35.5 Å². The highest BCUT2D eigenvalue weighted by Crippen LogP contribution is 2.30. The van der Waals surface area contributed by atoms with E-state index in [0.717, 1.165) is 6.34 Å². The van der Waals surface area contributed by atoms with E-state index in [2.05, 4.69) is 15.3 Å². The van der Waals surface area contributed by atoms with E-state index in [1.165, 1.54) is 12.1 Å². The van der Waals surface area contributed by atoms with Crippen molar-refractivity contribution in [2.75, 3.05) is 18.5 Å². The number of rotatable bonds is 8. The number of nitrogens with zero attached hydrogens (tertiary/aromatic N) is 2. The van der Waals surface area contributed by atoms with E-state index in [1.807, 2.05) is 13.8 Å². The van der Waals surface area contributed by atoms with Gasteiger partial charge in [-0.2, -0.15) is 13.2 Å². The molecule has 0 saturated carbocycles. The SMILES string of the molecule is CC(C)OCCCNc1cc2c(cc1N=CN)[nH]c(=O)n2CC(F)(F)F. The summed E-state index contributed by atoms with van der Waals surface area (Å²) in [6.07, 6.45) is -2.60. The van der Waals surface area contributed by atoms with Crippen LogP contribution in [0.1, 0.15) is 20.3 Å². The molecule has 0 aliphatic carbocycles. The van der Waals surface area contributed by atoms with Gasteiger partial charge in [0, 0.05) is 13.2 Å². The summed E-state index contributed by atoms with van der Waals surface area (Å²) in [5, 5.41) is 3.10. The molecule has 1 aromatic heterocycles. The zero-order valence-electron chi connectivity index (χ0n) is 14.6. The normalized spacial score (nSPS) is 12.5. The molecule has 144 valence electrons. The Labute approximate surface area is 148 Å². The summed E-state index contributed by atoms with van der Waals surface area (Å²) in [5.41, 5.74) is 5.81. The number of ether oxygens (including phenoxy) is 1. The van der Waals surface area contributed by atoms with Crippen molar-refractivity contribution in [3.8, 4) is 0 Å². The fourth-order valence-electron chi connectivity index (χ4n) is 2.47. The van der Waals surface area contributed by atoms with Gasteiger partial charge in [-0.25, -0.2) is 9.79 Å². The molecule has 0 saturated heterocycles. The predicted octanol–water partition coefficient (Wildman–Crippen LogP) is 2.74. The number of anilines is 1. The summed E-state index contributed by atoms with van der Waals surface area (Å²) in [4.78, 5) is 18.3. The number of aliphatic imine (C=N–C) groups is 1. The minimum Gasteiger partial charge on any atom is -0.390 e. The average molecular weight is 373 g/mol. The quantitative estimate of drug-likeness (QED) is 0.376. The van der Waals surface area contributed by atoms with Gasteiger partial charge in [0.1, 0.15) is 6.54 Å². The molecule has 0 atom stereocenters. The molecule has 4 N–H and O–H groups in total. The highest BCUT2D eigenvalue weighted by atomic mass is 19.4. The number of benzene rings is 1. The van der Waals surface area contributed by atoms with Gasteiger partial charge in [0.15, 0.2) is 0 Å². The van der Waals surface area contributed by atoms with E-state index < -0.39 is 18.4 Å². The fraction of sp³-hybridized carbons (Fsp3) is 0.500. The highest BCUT2D eigenvalue weighted by molar-refractivity contribution is 5.87. The van der Waals surface area contributed by atoms with Crippen LogP contribution in [0.15, 0.2) is 21.9 Å². The number of H-pyrrole nitrogens is 1. The lowest BCUT2D eigenvalue weighted by molar-refractivity contribution is -0.140. The Kier molecular flexibility index (Phi) is 6.30. The van der Waals surface area contributed by atoms with Gasteiger partial charge < -0.3 is 20.8 Å². The van der Waals surface area contributed by atoms with E-state index in [1.54, 1.807) is 0 Å². The number of fused-ring (bicyclic) bond motifs is 1. The smallest absolute Gasteiger partial charge is 0.390 e. The summed E-state index contributed by atoms with van der Waals surface area (Å²) >= 11 is 0. The van der Waals surface area contributed by atoms with E-state index in [-0.39, 0.29) is 17.1 Å². The number of nitrogens with one attached hydrogen (secondary N) is 2. The van der Waals surface area contributed by atoms with E-state index >= 15 is 0 Å². The molecule has 1 aromatic carbocycles. The third kappa shape index (κ3) is 5.25. The minimum atomic E-state index is -4.51. The molecule has 0 spiro atoms. The second kappa shape index (κ2) is 8.26. The number of hydrogen-bond donors (Lipinski definition) is 3. The van der Waals surface area contributed by atoms with Gasteiger partial charge in [-0.15, -0.1) is 0 Å². The van der Waals surface area contributed by atoms with Crippen LogP contribution < -0.4 is 16.7 Å². The van der Waals surface area contributed by atoms with Crippen molar-refractivity contribution >= 4 is 28.7 Å². The number of aromatic amines is 1. The summed E-state index contributed by atoms with van der Waals surface area (Å²) < 4.78 is 44.3. The zero-order chi connectivity index (χ0) is 19.3. The van der Waals surface area contributed by atoms with Gasteiger partial charge in [-0.05, 0) is 32.4 Å². The largest absolute Gasteiger partial charge is 0.406 e. The Hall–Kier alpha value is -2.49. The lowest BCUT2D eigenvalue weighted by Gasteiger charge is -2.12. The van der Waals surface area contributed by atoms with Crippen LogP contribution in [0.2, 0.25) is 0 Å². The number of nitrogens with two attached hydrogens (primary N) is 1. The molecule has 2 aromatic rings. The summed E-state index contributed by atoms with van der Waals surface area (Å²) in [5.74, 6) is 0. The third-order valence-corrected chi connectivity index (χ3v) is 3.53. The van der Waals surface area contributed by atoms with Crippen molar-refractivity contribution in [3.63, 3.8) is 0 Å². The van der Waals surface area contributed by atoms with Crippen LogP contribution in [0.5, 0.6) is 0 Å². The summed E-state index contributed by atoms with van der Waals surface area (Å²) in [6, 6.07) is 2.95. The number of hydrogen-bond acceptors (Lipinski definition) is 4. The van der Waals surface area contributed by atoms with E-state index in [9.17, 15) is 18.0 Å². The maximum Gasteiger partial charge on any atom is 0.406 e. The first-order chi connectivity index (χ1) is 12.2. The Morgan fingerprint density at radius 3 is 2.77 bits per heavy atom. The van der Waals surface area contributed by atoms with Crippen LogP contribution in [0.3, 0.4) is 0 Å². The Morgan fingerprint density at radius 1 is 1.42 bits per heavy atom. The van der Waals surface area contributed by atoms with Crippen LogP contribution in [0.25, 0.3) is 11.0 Å². The molecular weight excluding hydrogens is 351 g/mol. The van der Waals surface area contributed by atoms with Crippen LogP contribution in [-0.2, 0) is 11.3 Å². The molecule has 0 amide bonds. The summed E-state index contributed by atoms with van der Waals surface area (Å²) in [7, 11) is 0. The van der Waals surface area contributed by atoms with Crippen LogP contribution in [-0.4, -0.2) is 41.3 Å². The zero-order valence-corrected chi connectivity index (χ0v) is 14.6. The van der Waals surface area contributed by atoms with Gasteiger partial charge in [0.05, 0.1) is 34.9 Å². The topological polar surface area (TPSA) is 97.4 Å². The average Bonchev–Trinajstić information content (AvgIpc) is 2.80. The Morgan fingerprint density at radius 2 is 2.15 bits per heavy atom. The third-order valence-electron chi connectivity index (χ3n) is 3.53. The lowest BCUT2D eigenvalue weighted by Crippen LogP contribution is -2.26. The Balaban J connectivity index is 2.30. The van der Waals surface area contributed by atoms with Crippen molar-refractivity contribution in [3.05, 3.63) is 22.6 Å². The molecule has 0 fully saturated rings. The lowest BCUT2D eigenvalue weighted by atomic mass is 10.2. The Bertz CT molecular complexity index is 824. The van der Waals surface area contributed by atoms with Crippen molar-refractivity contribution in [1.29, 1.82) is 0 Å².